The van der Waals surface area contributed by atoms with E-state index in [-0.39, 0.29) is 0 Å². The van der Waals surface area contributed by atoms with Crippen LogP contribution in [0.2, 0.25) is 0 Å². The highest BCUT2D eigenvalue weighted by molar-refractivity contribution is 6.32. The third-order valence-electron chi connectivity index (χ3n) is 3.42. The van der Waals surface area contributed by atoms with Crippen molar-refractivity contribution in [2.24, 2.45) is 7.05 Å². The molecule has 0 fully saturated rings. The quantitative estimate of drug-likeness (QED) is 0.594. The lowest BCUT2D eigenvalue weighted by molar-refractivity contribution is 0.162. The molecule has 2 aromatic heterocycles. The van der Waals surface area contributed by atoms with E-state index in [0.717, 1.165) is 22.7 Å². The van der Waals surface area contributed by atoms with Crippen LogP contribution in [0.1, 0.15) is 0 Å². The number of allylic oxidation sites excluding steroid dienone is 4. The van der Waals surface area contributed by atoms with Crippen molar-refractivity contribution < 1.29 is 9.47 Å². The number of aryl methyl sites for hydroxylation is 1. The molecule has 0 bridgehead atoms. The van der Waals surface area contributed by atoms with Crippen molar-refractivity contribution in [2.75, 3.05) is 13.2 Å². The molecule has 2 aromatic rings. The van der Waals surface area contributed by atoms with Gasteiger partial charge in [-0.1, -0.05) is 0 Å². The molecule has 24 heavy (non-hydrogen) atoms. The van der Waals surface area contributed by atoms with Gasteiger partial charge in [0, 0.05) is 25.5 Å². The third kappa shape index (κ3) is 3.81. The third-order valence-corrected chi connectivity index (χ3v) is 3.72. The molecule has 3 rings (SSSR count). The maximum Gasteiger partial charge on any atom is 0.123 e. The van der Waals surface area contributed by atoms with Gasteiger partial charge in [-0.15, -0.1) is 30.2 Å². The van der Waals surface area contributed by atoms with Gasteiger partial charge in [0.15, 0.2) is 0 Å². The van der Waals surface area contributed by atoms with Crippen LogP contribution in [0.3, 0.4) is 0 Å². The van der Waals surface area contributed by atoms with E-state index in [2.05, 4.69) is 16.7 Å². The summed E-state index contributed by atoms with van der Waals surface area (Å²) in [4.78, 5) is 4.34. The Hall–Kier alpha value is -2.66. The largest absolute Gasteiger partial charge is 0.532 e. The summed E-state index contributed by atoms with van der Waals surface area (Å²) >= 11 is 6.10. The molecule has 124 valence electrons. The number of nitrogens with zero attached hydrogens (tertiary/aromatic N) is 3. The van der Waals surface area contributed by atoms with Crippen LogP contribution in [-0.4, -0.2) is 28.0 Å². The van der Waals surface area contributed by atoms with Crippen LogP contribution in [0.5, 0.6) is 5.75 Å². The van der Waals surface area contributed by atoms with Gasteiger partial charge >= 0.3 is 0 Å². The van der Waals surface area contributed by atoms with E-state index in [9.17, 15) is 0 Å². The van der Waals surface area contributed by atoms with E-state index in [1.165, 1.54) is 0 Å². The van der Waals surface area contributed by atoms with Crippen molar-refractivity contribution in [2.45, 2.75) is 0 Å². The topological polar surface area (TPSA) is 49.2 Å². The van der Waals surface area contributed by atoms with E-state index in [1.807, 2.05) is 31.7 Å². The minimum absolute atomic E-state index is 0.388. The van der Waals surface area contributed by atoms with Crippen molar-refractivity contribution in [1.82, 2.24) is 14.8 Å². The minimum Gasteiger partial charge on any atom is -0.532 e. The maximum absolute atomic E-state index is 6.10. The van der Waals surface area contributed by atoms with Crippen LogP contribution in [0, 0.1) is 6.42 Å². The van der Waals surface area contributed by atoms with Gasteiger partial charge in [-0.05, 0) is 17.2 Å². The maximum atomic E-state index is 6.10. The highest BCUT2D eigenvalue weighted by Crippen LogP contribution is 2.25. The fourth-order valence-electron chi connectivity index (χ4n) is 2.24. The molecule has 0 spiro atoms. The van der Waals surface area contributed by atoms with Gasteiger partial charge in [-0.3, -0.25) is 9.67 Å². The fourth-order valence-corrected chi connectivity index (χ4v) is 2.50. The van der Waals surface area contributed by atoms with E-state index in [1.54, 1.807) is 29.2 Å². The molecular weight excluding hydrogens is 326 g/mol. The Morgan fingerprint density at radius 3 is 2.83 bits per heavy atom. The molecule has 0 saturated carbocycles. The highest BCUT2D eigenvalue weighted by atomic mass is 35.5. The number of halogens is 1. The molecule has 0 radical (unpaired) electrons. The average molecular weight is 343 g/mol. The first-order valence-corrected chi connectivity index (χ1v) is 7.83. The number of ether oxygens (including phenoxy) is 2. The molecule has 2 heterocycles. The van der Waals surface area contributed by atoms with Crippen molar-refractivity contribution in [3.63, 3.8) is 0 Å². The summed E-state index contributed by atoms with van der Waals surface area (Å²) < 4.78 is 13.1. The summed E-state index contributed by atoms with van der Waals surface area (Å²) in [6.45, 7) is 4.61. The van der Waals surface area contributed by atoms with Gasteiger partial charge in [0.1, 0.15) is 19.0 Å². The normalized spacial score (nSPS) is 13.8. The van der Waals surface area contributed by atoms with Crippen molar-refractivity contribution in [3.8, 4) is 17.1 Å². The highest BCUT2D eigenvalue weighted by Gasteiger charge is 2.06. The predicted octanol–water partition coefficient (Wildman–Crippen LogP) is 3.66. The molecular formula is C18H17ClN3O2-. The number of rotatable bonds is 6. The SMILES string of the molecule is C=C1C=C(Cl)C(OCCOc2ccnc(-c3ccnn3C)c2)=C[CH-]1. The van der Waals surface area contributed by atoms with Crippen LogP contribution < -0.4 is 4.74 Å². The first-order valence-electron chi connectivity index (χ1n) is 7.45. The zero-order chi connectivity index (χ0) is 16.9. The first kappa shape index (κ1) is 16.2. The van der Waals surface area contributed by atoms with Crippen LogP contribution in [0.25, 0.3) is 11.4 Å². The van der Waals surface area contributed by atoms with Gasteiger partial charge < -0.3 is 9.47 Å². The summed E-state index contributed by atoms with van der Waals surface area (Å²) in [5, 5.41) is 4.69. The summed E-state index contributed by atoms with van der Waals surface area (Å²) in [6.07, 6.45) is 8.87. The lowest BCUT2D eigenvalue weighted by Gasteiger charge is -2.20. The molecule has 0 N–H and O–H groups in total. The molecule has 0 amide bonds. The second-order valence-corrected chi connectivity index (χ2v) is 5.59. The molecule has 0 unspecified atom stereocenters. The lowest BCUT2D eigenvalue weighted by Crippen LogP contribution is -2.08. The summed E-state index contributed by atoms with van der Waals surface area (Å²) in [5.74, 6) is 1.35. The Kier molecular flexibility index (Phi) is 4.91. The Balaban J connectivity index is 1.54. The van der Waals surface area contributed by atoms with Crippen LogP contribution in [0.15, 0.2) is 65.7 Å². The zero-order valence-corrected chi connectivity index (χ0v) is 14.0. The molecule has 0 aliphatic heterocycles. The Morgan fingerprint density at radius 2 is 2.08 bits per heavy atom. The molecule has 5 nitrogen and oxygen atoms in total. The number of hydrogen-bond acceptors (Lipinski definition) is 4. The second kappa shape index (κ2) is 7.27. The molecule has 1 aliphatic carbocycles. The second-order valence-electron chi connectivity index (χ2n) is 5.18. The monoisotopic (exact) mass is 342 g/mol. The molecule has 0 saturated heterocycles. The first-order chi connectivity index (χ1) is 11.6. The number of aromatic nitrogens is 3. The standard InChI is InChI=1S/C18H17ClN3O2/c1-13-3-4-18(15(19)11-13)24-10-9-23-14-5-7-20-16(12-14)17-6-8-21-22(17)2/h3-8,11-12H,1,9-10H2,2H3/q-1. The Bertz CT molecular complexity index is 808. The van der Waals surface area contributed by atoms with Crippen molar-refractivity contribution in [3.05, 3.63) is 72.1 Å². The Morgan fingerprint density at radius 1 is 1.25 bits per heavy atom. The van der Waals surface area contributed by atoms with Crippen molar-refractivity contribution in [1.29, 1.82) is 0 Å². The van der Waals surface area contributed by atoms with Gasteiger partial charge in [0.25, 0.3) is 0 Å². The zero-order valence-electron chi connectivity index (χ0n) is 13.3. The predicted molar refractivity (Wildman–Crippen MR) is 93.3 cm³/mol. The van der Waals surface area contributed by atoms with Crippen LogP contribution >= 0.6 is 11.6 Å². The number of pyridine rings is 1. The van der Waals surface area contributed by atoms with Gasteiger partial charge in [0.05, 0.1) is 17.1 Å². The molecule has 1 aliphatic rings. The van der Waals surface area contributed by atoms with Gasteiger partial charge in [-0.2, -0.15) is 17.3 Å². The Labute approximate surface area is 145 Å². The van der Waals surface area contributed by atoms with Gasteiger partial charge in [0.2, 0.25) is 0 Å². The van der Waals surface area contributed by atoms with Crippen molar-refractivity contribution >= 4 is 11.6 Å². The van der Waals surface area contributed by atoms with Crippen LogP contribution in [0.4, 0.5) is 0 Å². The van der Waals surface area contributed by atoms with E-state index in [4.69, 9.17) is 21.1 Å². The number of hydrogen-bond donors (Lipinski definition) is 0. The lowest BCUT2D eigenvalue weighted by atomic mass is 10.1. The van der Waals surface area contributed by atoms with E-state index >= 15 is 0 Å². The average Bonchev–Trinajstić information content (AvgIpc) is 2.99. The smallest absolute Gasteiger partial charge is 0.123 e. The molecule has 0 atom stereocenters. The molecule has 0 aromatic carbocycles. The molecule has 6 heteroatoms. The minimum atomic E-state index is 0.388. The van der Waals surface area contributed by atoms with Crippen LogP contribution in [-0.2, 0) is 11.8 Å². The fraction of sp³-hybridized carbons (Fsp3) is 0.167. The summed E-state index contributed by atoms with van der Waals surface area (Å²) in [6, 6.07) is 5.59. The van der Waals surface area contributed by atoms with E-state index < -0.39 is 0 Å². The summed E-state index contributed by atoms with van der Waals surface area (Å²) in [7, 11) is 1.87. The van der Waals surface area contributed by atoms with E-state index in [0.29, 0.717) is 24.0 Å². The van der Waals surface area contributed by atoms with Gasteiger partial charge in [-0.25, -0.2) is 0 Å². The summed E-state index contributed by atoms with van der Waals surface area (Å²) in [5.41, 5.74) is 2.59.